The molecule has 0 fully saturated rings. The van der Waals surface area contributed by atoms with Crippen LogP contribution in [-0.2, 0) is 131 Å². The number of benzene rings is 1. The Balaban J connectivity index is 1.80. The fourth-order valence-electron chi connectivity index (χ4n) is 1.39. The average Bonchev–Trinajstić information content (AvgIpc) is 2.95. The predicted molar refractivity (Wildman–Crippen MR) is 73.7 cm³/mol. The Labute approximate surface area is 211 Å². The van der Waals surface area contributed by atoms with Gasteiger partial charge in [-0.05, 0) is 60.2 Å². The zero-order valence-electron chi connectivity index (χ0n) is 18.4. The first kappa shape index (κ1) is 35.6. The molecule has 1 rings (SSSR count). The molecule has 1 aromatic rings. The lowest BCUT2D eigenvalue weighted by Gasteiger charge is -2.10. The quantitative estimate of drug-likeness (QED) is 0.0734. The lowest BCUT2D eigenvalue weighted by molar-refractivity contribution is -0.903. The van der Waals surface area contributed by atoms with Crippen LogP contribution in [0, 0.1) is 18.6 Å². The standard InChI is InChI=1S/C9H10F2O29/c1-3-13-6-4-5(2)9(8(11)7(6)10)14-16-18-20-22-24-26-28-30-32-34-36-38-40-39-37-35-33-31-29-27-25-23-21-19-17-15-12/h4,12H,3H2,1-2H3. The Hall–Kier alpha value is -2.40. The van der Waals surface area contributed by atoms with Crippen LogP contribution in [0.3, 0.4) is 0 Å². The molecule has 0 aliphatic rings. The van der Waals surface area contributed by atoms with E-state index in [0.29, 0.717) is 0 Å². The van der Waals surface area contributed by atoms with Crippen molar-refractivity contribution >= 4 is 0 Å². The second-order valence-electron chi connectivity index (χ2n) is 4.44. The van der Waals surface area contributed by atoms with Crippen LogP contribution in [0.1, 0.15) is 12.5 Å². The maximum Gasteiger partial charge on any atom is 0.210 e. The summed E-state index contributed by atoms with van der Waals surface area (Å²) in [7, 11) is 0. The molecule has 0 spiro atoms. The van der Waals surface area contributed by atoms with Gasteiger partial charge in [0.05, 0.1) is 6.61 Å². The topological polar surface area (TPSA) is 279 Å². The van der Waals surface area contributed by atoms with Gasteiger partial charge in [0.2, 0.25) is 17.4 Å². The summed E-state index contributed by atoms with van der Waals surface area (Å²) in [6, 6.07) is 1.13. The minimum Gasteiger partial charge on any atom is -0.491 e. The Bertz CT molecular complexity index is 725. The molecule has 40 heavy (non-hydrogen) atoms. The Morgan fingerprint density at radius 3 is 1.18 bits per heavy atom. The molecule has 0 saturated carbocycles. The van der Waals surface area contributed by atoms with E-state index in [-0.39, 0.29) is 17.9 Å². The number of hydrogen-bond donors (Lipinski definition) is 1. The molecule has 0 heterocycles. The molecule has 0 bridgehead atoms. The molecular formula is C9H10F2O29. The van der Waals surface area contributed by atoms with Gasteiger partial charge in [0.15, 0.2) is 5.75 Å². The van der Waals surface area contributed by atoms with Gasteiger partial charge in [-0.15, -0.1) is 0 Å². The van der Waals surface area contributed by atoms with E-state index in [1.54, 1.807) is 6.92 Å². The lowest BCUT2D eigenvalue weighted by atomic mass is 10.2. The van der Waals surface area contributed by atoms with Crippen LogP contribution in [0.25, 0.3) is 0 Å². The Morgan fingerprint density at radius 1 is 0.525 bits per heavy atom. The van der Waals surface area contributed by atoms with Gasteiger partial charge in [0.1, 0.15) is 0 Å². The molecule has 0 unspecified atom stereocenters. The van der Waals surface area contributed by atoms with Crippen LogP contribution < -0.4 is 9.62 Å². The van der Waals surface area contributed by atoms with Crippen LogP contribution in [0.4, 0.5) is 8.78 Å². The summed E-state index contributed by atoms with van der Waals surface area (Å²) >= 11 is 0. The summed E-state index contributed by atoms with van der Waals surface area (Å²) < 4.78 is 32.5. The number of halogens is 2. The first-order valence-electron chi connectivity index (χ1n) is 8.38. The second kappa shape index (κ2) is 25.6. The fraction of sp³-hybridized carbons (Fsp3) is 0.333. The van der Waals surface area contributed by atoms with Crippen LogP contribution in [0.15, 0.2) is 6.07 Å². The van der Waals surface area contributed by atoms with Gasteiger partial charge >= 0.3 is 0 Å². The van der Waals surface area contributed by atoms with Gasteiger partial charge in [0.25, 0.3) is 0 Å². The third kappa shape index (κ3) is 18.0. The van der Waals surface area contributed by atoms with E-state index in [1.807, 2.05) is 0 Å². The summed E-state index contributed by atoms with van der Waals surface area (Å²) in [6.07, 6.45) is 0. The predicted octanol–water partition coefficient (Wildman–Crippen LogP) is 0.745. The van der Waals surface area contributed by atoms with Crippen molar-refractivity contribution < 1.29 is 155 Å². The molecule has 1 aromatic carbocycles. The number of aryl methyl sites for hydroxylation is 1. The number of rotatable bonds is 29. The first-order valence-corrected chi connectivity index (χ1v) is 8.38. The van der Waals surface area contributed by atoms with Crippen molar-refractivity contribution in [3.05, 3.63) is 23.3 Å². The highest BCUT2D eigenvalue weighted by atomic mass is 19.2. The van der Waals surface area contributed by atoms with Crippen LogP contribution in [0.5, 0.6) is 11.5 Å². The van der Waals surface area contributed by atoms with E-state index >= 15 is 0 Å². The molecule has 0 saturated heterocycles. The van der Waals surface area contributed by atoms with Gasteiger partial charge in [-0.2, -0.15) is 8.78 Å². The van der Waals surface area contributed by atoms with Crippen molar-refractivity contribution in [2.24, 2.45) is 0 Å². The molecular weight excluding hydrogens is 610 g/mol. The largest absolute Gasteiger partial charge is 0.491 e. The summed E-state index contributed by atoms with van der Waals surface area (Å²) in [5.41, 5.74) is 0.0669. The van der Waals surface area contributed by atoms with E-state index in [1.165, 1.54) is 6.92 Å². The lowest BCUT2D eigenvalue weighted by Crippen LogP contribution is -2.07. The highest BCUT2D eigenvalue weighted by molar-refractivity contribution is 5.41. The monoisotopic (exact) mass is 620 g/mol. The molecule has 31 heteroatoms. The normalized spacial score (nSPS) is 11.3. The van der Waals surface area contributed by atoms with Crippen molar-refractivity contribution in [3.8, 4) is 11.5 Å². The molecule has 0 radical (unpaired) electrons. The minimum atomic E-state index is -1.45. The highest BCUT2D eigenvalue weighted by Crippen LogP contribution is 2.31. The number of hydrogen-bond acceptors (Lipinski definition) is 29. The van der Waals surface area contributed by atoms with Crippen molar-refractivity contribution in [3.63, 3.8) is 0 Å². The zero-order valence-corrected chi connectivity index (χ0v) is 18.4. The Kier molecular flexibility index (Phi) is 22.8. The van der Waals surface area contributed by atoms with Gasteiger partial charge in [-0.1, -0.05) is 0 Å². The number of ether oxygens (including phenoxy) is 1. The molecule has 0 atom stereocenters. The summed E-state index contributed by atoms with van der Waals surface area (Å²) in [5.74, 6) is -3.84. The smallest absolute Gasteiger partial charge is 0.210 e. The molecule has 29 nitrogen and oxygen atoms in total. The highest BCUT2D eigenvalue weighted by Gasteiger charge is 2.20. The van der Waals surface area contributed by atoms with Crippen LogP contribution >= 0.6 is 0 Å². The minimum absolute atomic E-state index is 0.0669. The molecule has 0 amide bonds. The van der Waals surface area contributed by atoms with E-state index in [4.69, 9.17) is 9.99 Å². The third-order valence-electron chi connectivity index (χ3n) is 2.43. The van der Waals surface area contributed by atoms with Gasteiger partial charge in [-0.3, -0.25) is 0 Å². The molecule has 1 N–H and O–H groups in total. The molecule has 234 valence electrons. The second-order valence-corrected chi connectivity index (χ2v) is 4.44. The average molecular weight is 620 g/mol. The van der Waals surface area contributed by atoms with Gasteiger partial charge in [-0.25, -0.2) is 5.26 Å². The van der Waals surface area contributed by atoms with Gasteiger partial charge in [0, 0.05) is 96.3 Å². The zero-order chi connectivity index (χ0) is 29.1. The summed E-state index contributed by atoms with van der Waals surface area (Å²) in [4.78, 5) is 4.34. The SMILES string of the molecule is CCOc1cc(C)c(OOOOOOOOOOOOOOOOOOOOOOOOOOOO)c(F)c1F. The van der Waals surface area contributed by atoms with Crippen LogP contribution in [-0.4, -0.2) is 11.9 Å². The Morgan fingerprint density at radius 2 is 0.850 bits per heavy atom. The van der Waals surface area contributed by atoms with Crippen molar-refractivity contribution in [1.29, 1.82) is 0 Å². The van der Waals surface area contributed by atoms with E-state index in [9.17, 15) is 8.78 Å². The fourth-order valence-corrected chi connectivity index (χ4v) is 1.39. The van der Waals surface area contributed by atoms with E-state index < -0.39 is 17.4 Å². The van der Waals surface area contributed by atoms with Gasteiger partial charge < -0.3 is 9.62 Å². The summed E-state index contributed by atoms with van der Waals surface area (Å²) in [6.45, 7) is 3.00. The van der Waals surface area contributed by atoms with E-state index in [0.717, 1.165) is 6.07 Å². The van der Waals surface area contributed by atoms with Crippen LogP contribution in [0.2, 0.25) is 0 Å². The first-order chi connectivity index (χ1) is 19.6. The molecule has 0 aliphatic heterocycles. The van der Waals surface area contributed by atoms with Crippen molar-refractivity contribution in [2.45, 2.75) is 13.8 Å². The van der Waals surface area contributed by atoms with Crippen molar-refractivity contribution in [2.75, 3.05) is 6.61 Å². The van der Waals surface area contributed by atoms with E-state index in [2.05, 4.69) is 136 Å². The summed E-state index contributed by atoms with van der Waals surface area (Å²) in [5, 5.41) is 98.6. The maximum atomic E-state index is 13.9. The third-order valence-corrected chi connectivity index (χ3v) is 2.43. The van der Waals surface area contributed by atoms with Crippen molar-refractivity contribution in [1.82, 2.24) is 0 Å². The maximum absolute atomic E-state index is 13.9. The molecule has 0 aromatic heterocycles. The molecule has 0 aliphatic carbocycles.